The second-order valence-electron chi connectivity index (χ2n) is 4.51. The zero-order chi connectivity index (χ0) is 15.1. The number of halogens is 2. The van der Waals surface area contributed by atoms with E-state index in [0.717, 1.165) is 16.8 Å². The van der Waals surface area contributed by atoms with Crippen LogP contribution in [-0.2, 0) is 13.2 Å². The molecule has 0 heterocycles. The van der Waals surface area contributed by atoms with Gasteiger partial charge in [-0.05, 0) is 23.8 Å². The Kier molecular flexibility index (Phi) is 5.51. The molecule has 0 amide bonds. The third-order valence-electron chi connectivity index (χ3n) is 2.97. The zero-order valence-electron chi connectivity index (χ0n) is 11.4. The Bertz CT molecular complexity index is 558. The van der Waals surface area contributed by atoms with Crippen molar-refractivity contribution >= 4 is 5.69 Å². The first-order valence-electron chi connectivity index (χ1n) is 6.61. The monoisotopic (exact) mass is 293 g/mol. The van der Waals surface area contributed by atoms with E-state index in [1.807, 2.05) is 36.4 Å². The van der Waals surface area contributed by atoms with E-state index >= 15 is 0 Å². The fraction of sp³-hybridized carbons (Fsp3) is 0.250. The fourth-order valence-electron chi connectivity index (χ4n) is 1.89. The number of hydrogen-bond acceptors (Lipinski definition) is 3. The SMILES string of the molecule is OCc1ccccc1NCc1ccc(OCC(F)F)cc1. The molecule has 2 N–H and O–H groups in total. The van der Waals surface area contributed by atoms with Gasteiger partial charge in [0.2, 0.25) is 0 Å². The van der Waals surface area contributed by atoms with Gasteiger partial charge < -0.3 is 15.2 Å². The van der Waals surface area contributed by atoms with Gasteiger partial charge in [0, 0.05) is 17.8 Å². The van der Waals surface area contributed by atoms with Gasteiger partial charge in [-0.2, -0.15) is 0 Å². The third-order valence-corrected chi connectivity index (χ3v) is 2.97. The molecule has 0 aliphatic carbocycles. The van der Waals surface area contributed by atoms with Crippen LogP contribution < -0.4 is 10.1 Å². The number of alkyl halides is 2. The molecule has 0 spiro atoms. The van der Waals surface area contributed by atoms with Crippen molar-refractivity contribution in [1.82, 2.24) is 0 Å². The maximum absolute atomic E-state index is 12.0. The van der Waals surface area contributed by atoms with E-state index in [0.29, 0.717) is 12.3 Å². The molecule has 0 aliphatic rings. The summed E-state index contributed by atoms with van der Waals surface area (Å²) in [7, 11) is 0. The number of hydrogen-bond donors (Lipinski definition) is 2. The van der Waals surface area contributed by atoms with Gasteiger partial charge in [0.25, 0.3) is 6.43 Å². The van der Waals surface area contributed by atoms with Crippen molar-refractivity contribution in [2.24, 2.45) is 0 Å². The van der Waals surface area contributed by atoms with Gasteiger partial charge in [0.05, 0.1) is 6.61 Å². The molecule has 0 atom stereocenters. The number of para-hydroxylation sites is 1. The molecule has 112 valence electrons. The molecule has 5 heteroatoms. The first-order valence-corrected chi connectivity index (χ1v) is 6.61. The Hall–Kier alpha value is -2.14. The van der Waals surface area contributed by atoms with Crippen molar-refractivity contribution in [1.29, 1.82) is 0 Å². The molecule has 0 radical (unpaired) electrons. The molecule has 0 bridgehead atoms. The molecule has 2 aromatic carbocycles. The topological polar surface area (TPSA) is 41.5 Å². The van der Waals surface area contributed by atoms with Gasteiger partial charge in [-0.3, -0.25) is 0 Å². The van der Waals surface area contributed by atoms with Crippen LogP contribution >= 0.6 is 0 Å². The van der Waals surface area contributed by atoms with E-state index < -0.39 is 13.0 Å². The van der Waals surface area contributed by atoms with Gasteiger partial charge in [-0.15, -0.1) is 0 Å². The third kappa shape index (κ3) is 4.72. The first kappa shape index (κ1) is 15.3. The molecule has 21 heavy (non-hydrogen) atoms. The van der Waals surface area contributed by atoms with Gasteiger partial charge in [0.15, 0.2) is 0 Å². The Morgan fingerprint density at radius 1 is 1.05 bits per heavy atom. The summed E-state index contributed by atoms with van der Waals surface area (Å²) in [6, 6.07) is 14.5. The predicted octanol–water partition coefficient (Wildman–Crippen LogP) is 3.43. The lowest BCUT2D eigenvalue weighted by atomic mass is 10.1. The van der Waals surface area contributed by atoms with Crippen LogP contribution in [0.15, 0.2) is 48.5 Å². The van der Waals surface area contributed by atoms with Crippen LogP contribution in [-0.4, -0.2) is 18.1 Å². The van der Waals surface area contributed by atoms with E-state index in [4.69, 9.17) is 4.74 Å². The highest BCUT2D eigenvalue weighted by Crippen LogP contribution is 2.17. The Labute approximate surface area is 122 Å². The molecule has 2 aromatic rings. The summed E-state index contributed by atoms with van der Waals surface area (Å²) >= 11 is 0. The average molecular weight is 293 g/mol. The highest BCUT2D eigenvalue weighted by molar-refractivity contribution is 5.51. The number of benzene rings is 2. The second-order valence-corrected chi connectivity index (χ2v) is 4.51. The lowest BCUT2D eigenvalue weighted by Gasteiger charge is -2.11. The van der Waals surface area contributed by atoms with Crippen LogP contribution in [0.2, 0.25) is 0 Å². The van der Waals surface area contributed by atoms with E-state index in [9.17, 15) is 13.9 Å². The van der Waals surface area contributed by atoms with Crippen molar-refractivity contribution in [2.75, 3.05) is 11.9 Å². The molecule has 3 nitrogen and oxygen atoms in total. The number of aliphatic hydroxyl groups excluding tert-OH is 1. The standard InChI is InChI=1S/C16H17F2NO2/c17-16(18)11-21-14-7-5-12(6-8-14)9-19-15-4-2-1-3-13(15)10-20/h1-8,16,19-20H,9-11H2. The molecule has 0 fully saturated rings. The predicted molar refractivity (Wildman–Crippen MR) is 77.6 cm³/mol. The smallest absolute Gasteiger partial charge is 0.272 e. The number of anilines is 1. The lowest BCUT2D eigenvalue weighted by Crippen LogP contribution is -2.07. The van der Waals surface area contributed by atoms with Gasteiger partial charge >= 0.3 is 0 Å². The lowest BCUT2D eigenvalue weighted by molar-refractivity contribution is 0.0819. The van der Waals surface area contributed by atoms with Crippen LogP contribution in [0.3, 0.4) is 0 Å². The number of aliphatic hydroxyl groups is 1. The minimum atomic E-state index is -2.47. The van der Waals surface area contributed by atoms with Crippen LogP contribution in [0, 0.1) is 0 Å². The molecule has 0 unspecified atom stereocenters. The summed E-state index contributed by atoms with van der Waals surface area (Å²) in [5, 5.41) is 12.5. The summed E-state index contributed by atoms with van der Waals surface area (Å²) in [6.07, 6.45) is -2.47. The number of nitrogens with one attached hydrogen (secondary N) is 1. The van der Waals surface area contributed by atoms with Crippen molar-refractivity contribution in [3.8, 4) is 5.75 Å². The second kappa shape index (κ2) is 7.59. The Morgan fingerprint density at radius 2 is 1.76 bits per heavy atom. The maximum atomic E-state index is 12.0. The molecule has 0 aromatic heterocycles. The minimum Gasteiger partial charge on any atom is -0.488 e. The molecule has 2 rings (SSSR count). The van der Waals surface area contributed by atoms with Gasteiger partial charge in [-0.1, -0.05) is 30.3 Å². The van der Waals surface area contributed by atoms with Crippen LogP contribution in [0.25, 0.3) is 0 Å². The average Bonchev–Trinajstić information content (AvgIpc) is 2.52. The van der Waals surface area contributed by atoms with Gasteiger partial charge in [-0.25, -0.2) is 8.78 Å². The first-order chi connectivity index (χ1) is 10.2. The Balaban J connectivity index is 1.91. The van der Waals surface area contributed by atoms with Crippen molar-refractivity contribution < 1.29 is 18.6 Å². The molecule has 0 saturated carbocycles. The molecule has 0 aliphatic heterocycles. The number of ether oxygens (including phenoxy) is 1. The summed E-state index contributed by atoms with van der Waals surface area (Å²) in [4.78, 5) is 0. The van der Waals surface area contributed by atoms with E-state index in [2.05, 4.69) is 5.32 Å². The minimum absolute atomic E-state index is 0.0242. The Morgan fingerprint density at radius 3 is 2.43 bits per heavy atom. The zero-order valence-corrected chi connectivity index (χ0v) is 11.4. The molecular weight excluding hydrogens is 276 g/mol. The summed E-state index contributed by atoms with van der Waals surface area (Å²) in [6.45, 7) is -0.0445. The summed E-state index contributed by atoms with van der Waals surface area (Å²) in [5.74, 6) is 0.426. The molecule has 0 saturated heterocycles. The van der Waals surface area contributed by atoms with Crippen molar-refractivity contribution in [2.45, 2.75) is 19.6 Å². The highest BCUT2D eigenvalue weighted by Gasteiger charge is 2.04. The van der Waals surface area contributed by atoms with Gasteiger partial charge in [0.1, 0.15) is 12.4 Å². The fourth-order valence-corrected chi connectivity index (χ4v) is 1.89. The van der Waals surface area contributed by atoms with Crippen LogP contribution in [0.4, 0.5) is 14.5 Å². The van der Waals surface area contributed by atoms with E-state index in [1.54, 1.807) is 12.1 Å². The summed E-state index contributed by atoms with van der Waals surface area (Å²) in [5.41, 5.74) is 2.69. The van der Waals surface area contributed by atoms with E-state index in [1.165, 1.54) is 0 Å². The quantitative estimate of drug-likeness (QED) is 0.821. The maximum Gasteiger partial charge on any atom is 0.272 e. The number of rotatable bonds is 7. The van der Waals surface area contributed by atoms with Crippen LogP contribution in [0.1, 0.15) is 11.1 Å². The highest BCUT2D eigenvalue weighted by atomic mass is 19.3. The van der Waals surface area contributed by atoms with E-state index in [-0.39, 0.29) is 6.61 Å². The summed E-state index contributed by atoms with van der Waals surface area (Å²) < 4.78 is 29.0. The normalized spacial score (nSPS) is 10.7. The molecular formula is C16H17F2NO2. The largest absolute Gasteiger partial charge is 0.488 e. The van der Waals surface area contributed by atoms with Crippen molar-refractivity contribution in [3.05, 3.63) is 59.7 Å². The van der Waals surface area contributed by atoms with Crippen molar-refractivity contribution in [3.63, 3.8) is 0 Å². The van der Waals surface area contributed by atoms with Crippen LogP contribution in [0.5, 0.6) is 5.75 Å².